The quantitative estimate of drug-likeness (QED) is 0.434. The third-order valence-corrected chi connectivity index (χ3v) is 3.08. The van der Waals surface area contributed by atoms with E-state index in [1.54, 1.807) is 11.3 Å². The Morgan fingerprint density at radius 1 is 1.57 bits per heavy atom. The molecule has 0 saturated carbocycles. The predicted molar refractivity (Wildman–Crippen MR) is 61.1 cm³/mol. The summed E-state index contributed by atoms with van der Waals surface area (Å²) in [7, 11) is 0. The highest BCUT2D eigenvalue weighted by Crippen LogP contribution is 2.20. The van der Waals surface area contributed by atoms with E-state index in [1.807, 2.05) is 6.92 Å². The molecule has 0 saturated heterocycles. The van der Waals surface area contributed by atoms with Gasteiger partial charge in [0.15, 0.2) is 0 Å². The lowest BCUT2D eigenvalue weighted by Crippen LogP contribution is -2.28. The molecule has 0 aliphatic rings. The first-order valence-corrected chi connectivity index (χ1v) is 6.04. The SMILES string of the molecule is CCCCCC(NN)c1csc(C)n1. The molecular formula is C10H19N3S. The van der Waals surface area contributed by atoms with Crippen molar-refractivity contribution in [1.82, 2.24) is 10.4 Å². The number of aryl methyl sites for hydroxylation is 1. The van der Waals surface area contributed by atoms with Crippen LogP contribution in [0.4, 0.5) is 0 Å². The van der Waals surface area contributed by atoms with Gasteiger partial charge in [0.25, 0.3) is 0 Å². The lowest BCUT2D eigenvalue weighted by atomic mass is 10.1. The van der Waals surface area contributed by atoms with E-state index < -0.39 is 0 Å². The van der Waals surface area contributed by atoms with Gasteiger partial charge in [-0.15, -0.1) is 11.3 Å². The molecule has 0 aliphatic heterocycles. The molecule has 0 bridgehead atoms. The van der Waals surface area contributed by atoms with Gasteiger partial charge in [-0.1, -0.05) is 26.2 Å². The van der Waals surface area contributed by atoms with Crippen LogP contribution >= 0.6 is 11.3 Å². The van der Waals surface area contributed by atoms with E-state index in [0.29, 0.717) is 0 Å². The van der Waals surface area contributed by atoms with Gasteiger partial charge in [-0.3, -0.25) is 11.3 Å². The second-order valence-electron chi connectivity index (χ2n) is 3.51. The molecule has 1 rings (SSSR count). The average Bonchev–Trinajstić information content (AvgIpc) is 2.60. The Morgan fingerprint density at radius 2 is 2.36 bits per heavy atom. The fourth-order valence-electron chi connectivity index (χ4n) is 1.46. The van der Waals surface area contributed by atoms with E-state index in [-0.39, 0.29) is 6.04 Å². The van der Waals surface area contributed by atoms with Crippen LogP contribution in [0.25, 0.3) is 0 Å². The van der Waals surface area contributed by atoms with Crippen molar-refractivity contribution >= 4 is 11.3 Å². The first kappa shape index (κ1) is 11.6. The Labute approximate surface area is 89.7 Å². The third-order valence-electron chi connectivity index (χ3n) is 2.29. The van der Waals surface area contributed by atoms with Gasteiger partial charge in [0.2, 0.25) is 0 Å². The van der Waals surface area contributed by atoms with Crippen LogP contribution in [0.2, 0.25) is 0 Å². The summed E-state index contributed by atoms with van der Waals surface area (Å²) in [6.45, 7) is 4.23. The number of rotatable bonds is 6. The van der Waals surface area contributed by atoms with E-state index in [9.17, 15) is 0 Å². The van der Waals surface area contributed by atoms with Gasteiger partial charge in [-0.2, -0.15) is 0 Å². The minimum atomic E-state index is 0.228. The molecular weight excluding hydrogens is 194 g/mol. The molecule has 0 aliphatic carbocycles. The van der Waals surface area contributed by atoms with Crippen molar-refractivity contribution in [2.24, 2.45) is 5.84 Å². The van der Waals surface area contributed by atoms with Crippen LogP contribution in [0.15, 0.2) is 5.38 Å². The van der Waals surface area contributed by atoms with Crippen molar-refractivity contribution in [2.75, 3.05) is 0 Å². The van der Waals surface area contributed by atoms with Gasteiger partial charge in [0.05, 0.1) is 16.7 Å². The molecule has 0 aromatic carbocycles. The maximum absolute atomic E-state index is 5.51. The third kappa shape index (κ3) is 3.36. The minimum Gasteiger partial charge on any atom is -0.271 e. The largest absolute Gasteiger partial charge is 0.271 e. The molecule has 1 heterocycles. The van der Waals surface area contributed by atoms with Crippen molar-refractivity contribution in [3.8, 4) is 0 Å². The second kappa shape index (κ2) is 6.11. The Balaban J connectivity index is 2.45. The number of hydrogen-bond donors (Lipinski definition) is 2. The van der Waals surface area contributed by atoms with Crippen molar-refractivity contribution in [3.63, 3.8) is 0 Å². The molecule has 1 unspecified atom stereocenters. The summed E-state index contributed by atoms with van der Waals surface area (Å²) in [5, 5.41) is 3.20. The topological polar surface area (TPSA) is 50.9 Å². The fraction of sp³-hybridized carbons (Fsp3) is 0.700. The molecule has 3 N–H and O–H groups in total. The van der Waals surface area contributed by atoms with Gasteiger partial charge in [-0.25, -0.2) is 4.98 Å². The Kier molecular flexibility index (Phi) is 5.07. The van der Waals surface area contributed by atoms with Crippen LogP contribution in [0, 0.1) is 6.92 Å². The summed E-state index contributed by atoms with van der Waals surface area (Å²) < 4.78 is 0. The van der Waals surface area contributed by atoms with Gasteiger partial charge in [-0.05, 0) is 13.3 Å². The summed E-state index contributed by atoms with van der Waals surface area (Å²) in [4.78, 5) is 4.44. The zero-order valence-corrected chi connectivity index (χ0v) is 9.73. The van der Waals surface area contributed by atoms with Crippen LogP contribution < -0.4 is 11.3 Å². The molecule has 0 radical (unpaired) electrons. The molecule has 1 aromatic heterocycles. The van der Waals surface area contributed by atoms with E-state index in [0.717, 1.165) is 17.1 Å². The smallest absolute Gasteiger partial charge is 0.0898 e. The maximum atomic E-state index is 5.51. The number of hydrogen-bond acceptors (Lipinski definition) is 4. The number of nitrogens with one attached hydrogen (secondary N) is 1. The minimum absolute atomic E-state index is 0.228. The van der Waals surface area contributed by atoms with Crippen molar-refractivity contribution in [3.05, 3.63) is 16.1 Å². The molecule has 3 nitrogen and oxygen atoms in total. The van der Waals surface area contributed by atoms with Crippen LogP contribution in [0.3, 0.4) is 0 Å². The van der Waals surface area contributed by atoms with Gasteiger partial charge in [0, 0.05) is 5.38 Å². The molecule has 80 valence electrons. The fourth-order valence-corrected chi connectivity index (χ4v) is 2.12. The van der Waals surface area contributed by atoms with E-state index in [2.05, 4.69) is 22.7 Å². The highest BCUT2D eigenvalue weighted by atomic mass is 32.1. The maximum Gasteiger partial charge on any atom is 0.0898 e. The number of nitrogens with zero attached hydrogens (tertiary/aromatic N) is 1. The molecule has 4 heteroatoms. The first-order valence-electron chi connectivity index (χ1n) is 5.16. The molecule has 0 fully saturated rings. The Bertz CT molecular complexity index is 260. The van der Waals surface area contributed by atoms with Crippen molar-refractivity contribution in [2.45, 2.75) is 45.6 Å². The number of aromatic nitrogens is 1. The molecule has 0 amide bonds. The number of hydrazine groups is 1. The predicted octanol–water partition coefficient (Wildman–Crippen LogP) is 2.54. The van der Waals surface area contributed by atoms with Gasteiger partial charge >= 0.3 is 0 Å². The average molecular weight is 213 g/mol. The Hall–Kier alpha value is -0.450. The molecule has 1 atom stereocenters. The van der Waals surface area contributed by atoms with E-state index in [1.165, 1.54) is 19.3 Å². The zero-order chi connectivity index (χ0) is 10.4. The van der Waals surface area contributed by atoms with Crippen LogP contribution in [0.5, 0.6) is 0 Å². The summed E-state index contributed by atoms with van der Waals surface area (Å²) in [5.74, 6) is 5.51. The Morgan fingerprint density at radius 3 is 2.86 bits per heavy atom. The number of unbranched alkanes of at least 4 members (excludes halogenated alkanes) is 2. The van der Waals surface area contributed by atoms with Gasteiger partial charge in [0.1, 0.15) is 0 Å². The number of thiazole rings is 1. The lowest BCUT2D eigenvalue weighted by molar-refractivity contribution is 0.478. The van der Waals surface area contributed by atoms with Gasteiger partial charge < -0.3 is 0 Å². The summed E-state index contributed by atoms with van der Waals surface area (Å²) in [6, 6.07) is 0.228. The van der Waals surface area contributed by atoms with Crippen LogP contribution in [-0.4, -0.2) is 4.98 Å². The van der Waals surface area contributed by atoms with Crippen molar-refractivity contribution in [1.29, 1.82) is 0 Å². The van der Waals surface area contributed by atoms with Crippen LogP contribution in [-0.2, 0) is 0 Å². The first-order chi connectivity index (χ1) is 6.77. The second-order valence-corrected chi connectivity index (χ2v) is 4.57. The summed E-state index contributed by atoms with van der Waals surface area (Å²) >= 11 is 1.68. The normalized spacial score (nSPS) is 13.1. The standard InChI is InChI=1S/C10H19N3S/c1-3-4-5-6-9(13-11)10-7-14-8(2)12-10/h7,9,13H,3-6,11H2,1-2H3. The highest BCUT2D eigenvalue weighted by molar-refractivity contribution is 7.09. The molecule has 1 aromatic rings. The molecule has 0 spiro atoms. The lowest BCUT2D eigenvalue weighted by Gasteiger charge is -2.12. The highest BCUT2D eigenvalue weighted by Gasteiger charge is 2.11. The summed E-state index contributed by atoms with van der Waals surface area (Å²) in [5.41, 5.74) is 3.92. The zero-order valence-electron chi connectivity index (χ0n) is 8.92. The van der Waals surface area contributed by atoms with E-state index >= 15 is 0 Å². The summed E-state index contributed by atoms with van der Waals surface area (Å²) in [6.07, 6.45) is 4.80. The van der Waals surface area contributed by atoms with E-state index in [4.69, 9.17) is 5.84 Å². The van der Waals surface area contributed by atoms with Crippen LogP contribution in [0.1, 0.15) is 49.4 Å². The van der Waals surface area contributed by atoms with Crippen molar-refractivity contribution < 1.29 is 0 Å². The number of nitrogens with two attached hydrogens (primary N) is 1. The monoisotopic (exact) mass is 213 g/mol. The molecule has 14 heavy (non-hydrogen) atoms.